The Balaban J connectivity index is 2.06. The zero-order valence-corrected chi connectivity index (χ0v) is 9.24. The molecule has 0 radical (unpaired) electrons. The minimum Gasteiger partial charge on any atom is -0.353 e. The Kier molecular flexibility index (Phi) is 3.10. The highest BCUT2D eigenvalue weighted by Crippen LogP contribution is 2.32. The molecule has 14 heavy (non-hydrogen) atoms. The van der Waals surface area contributed by atoms with Crippen LogP contribution >= 0.6 is 23.1 Å². The summed E-state index contributed by atoms with van der Waals surface area (Å²) in [6.07, 6.45) is 0. The fraction of sp³-hybridized carbons (Fsp3) is 0.444. The highest BCUT2D eigenvalue weighted by atomic mass is 32.2. The lowest BCUT2D eigenvalue weighted by Crippen LogP contribution is -2.40. The number of carbonyl (C=O) groups excluding carboxylic acids is 1. The summed E-state index contributed by atoms with van der Waals surface area (Å²) in [5.41, 5.74) is 5.66. The quantitative estimate of drug-likeness (QED) is 0.753. The predicted octanol–water partition coefficient (Wildman–Crippen LogP) is 0.979. The summed E-state index contributed by atoms with van der Waals surface area (Å²) in [5.74, 6) is 0.672. The topological polar surface area (TPSA) is 55.1 Å². The normalized spacial score (nSPS) is 28.2. The lowest BCUT2D eigenvalue weighted by molar-refractivity contribution is -0.121. The summed E-state index contributed by atoms with van der Waals surface area (Å²) >= 11 is 3.48. The first-order valence-corrected chi connectivity index (χ1v) is 6.38. The number of thiophene rings is 1. The van der Waals surface area contributed by atoms with Gasteiger partial charge in [0.25, 0.3) is 0 Å². The predicted molar refractivity (Wildman–Crippen MR) is 60.5 cm³/mol. The molecule has 1 amide bonds. The standard InChI is InChI=1S/C9H12N2OS2/c10-6-5-14-8(4-11-9(6)12)7-2-1-3-13-7/h1-3,6,8H,4-5,10H2,(H,11,12)/t6-,8?/m0/s1. The molecule has 0 aliphatic carbocycles. The molecule has 0 aromatic carbocycles. The molecule has 2 rings (SSSR count). The molecule has 2 heterocycles. The van der Waals surface area contributed by atoms with Crippen molar-refractivity contribution in [2.45, 2.75) is 11.3 Å². The molecule has 0 saturated carbocycles. The van der Waals surface area contributed by atoms with Crippen molar-refractivity contribution in [3.8, 4) is 0 Å². The first-order valence-electron chi connectivity index (χ1n) is 4.45. The van der Waals surface area contributed by atoms with E-state index in [1.54, 1.807) is 23.1 Å². The van der Waals surface area contributed by atoms with Crippen molar-refractivity contribution in [3.05, 3.63) is 22.4 Å². The van der Waals surface area contributed by atoms with Gasteiger partial charge < -0.3 is 11.1 Å². The largest absolute Gasteiger partial charge is 0.353 e. The number of rotatable bonds is 1. The van der Waals surface area contributed by atoms with Crippen LogP contribution < -0.4 is 11.1 Å². The molecule has 1 aliphatic heterocycles. The monoisotopic (exact) mass is 228 g/mol. The van der Waals surface area contributed by atoms with E-state index in [9.17, 15) is 4.79 Å². The van der Waals surface area contributed by atoms with Crippen LogP contribution in [0.2, 0.25) is 0 Å². The maximum atomic E-state index is 11.3. The van der Waals surface area contributed by atoms with Gasteiger partial charge in [-0.25, -0.2) is 0 Å². The van der Waals surface area contributed by atoms with Crippen molar-refractivity contribution < 1.29 is 4.79 Å². The van der Waals surface area contributed by atoms with Gasteiger partial charge in [0.2, 0.25) is 5.91 Å². The van der Waals surface area contributed by atoms with E-state index < -0.39 is 0 Å². The number of thioether (sulfide) groups is 1. The van der Waals surface area contributed by atoms with Gasteiger partial charge in [0.1, 0.15) is 0 Å². The van der Waals surface area contributed by atoms with E-state index in [0.717, 1.165) is 0 Å². The summed E-state index contributed by atoms with van der Waals surface area (Å²) in [6, 6.07) is 3.78. The molecular formula is C9H12N2OS2. The van der Waals surface area contributed by atoms with Gasteiger partial charge in [0, 0.05) is 17.2 Å². The average molecular weight is 228 g/mol. The third kappa shape index (κ3) is 2.10. The molecule has 1 aromatic heterocycles. The molecule has 0 bridgehead atoms. The summed E-state index contributed by atoms with van der Waals surface area (Å²) < 4.78 is 0. The minimum absolute atomic E-state index is 0.0310. The van der Waals surface area contributed by atoms with Gasteiger partial charge in [-0.05, 0) is 11.4 Å². The summed E-state index contributed by atoms with van der Waals surface area (Å²) in [5, 5.41) is 5.28. The fourth-order valence-electron chi connectivity index (χ4n) is 1.34. The van der Waals surface area contributed by atoms with Crippen molar-refractivity contribution >= 4 is 29.0 Å². The molecule has 1 unspecified atom stereocenters. The van der Waals surface area contributed by atoms with Gasteiger partial charge in [-0.2, -0.15) is 0 Å². The third-order valence-corrected chi connectivity index (χ3v) is 4.65. The lowest BCUT2D eigenvalue weighted by Gasteiger charge is -2.10. The zero-order chi connectivity index (χ0) is 9.97. The summed E-state index contributed by atoms with van der Waals surface area (Å²) in [4.78, 5) is 12.6. The highest BCUT2D eigenvalue weighted by molar-refractivity contribution is 7.99. The Labute approximate surface area is 91.1 Å². The van der Waals surface area contributed by atoms with Crippen molar-refractivity contribution in [3.63, 3.8) is 0 Å². The maximum absolute atomic E-state index is 11.3. The molecule has 1 aromatic rings. The fourth-order valence-corrected chi connectivity index (χ4v) is 3.45. The number of hydrogen-bond acceptors (Lipinski definition) is 4. The molecule has 76 valence electrons. The summed E-state index contributed by atoms with van der Waals surface area (Å²) in [6.45, 7) is 0.692. The number of amides is 1. The molecule has 1 aliphatic rings. The van der Waals surface area contributed by atoms with Gasteiger partial charge in [0.05, 0.1) is 11.3 Å². The van der Waals surface area contributed by atoms with Crippen molar-refractivity contribution in [1.29, 1.82) is 0 Å². The molecule has 3 nitrogen and oxygen atoms in total. The second-order valence-electron chi connectivity index (χ2n) is 3.19. The molecule has 1 fully saturated rings. The highest BCUT2D eigenvalue weighted by Gasteiger charge is 2.23. The van der Waals surface area contributed by atoms with Gasteiger partial charge in [0.15, 0.2) is 0 Å². The Hall–Kier alpha value is -0.520. The SMILES string of the molecule is N[C@H]1CSC(c2cccs2)CNC1=O. The minimum atomic E-state index is -0.357. The van der Waals surface area contributed by atoms with Gasteiger partial charge in [-0.3, -0.25) is 4.79 Å². The van der Waals surface area contributed by atoms with Crippen LogP contribution in [0.4, 0.5) is 0 Å². The first kappa shape index (κ1) is 10.0. The van der Waals surface area contributed by atoms with Crippen LogP contribution in [0.25, 0.3) is 0 Å². The molecule has 2 atom stereocenters. The van der Waals surface area contributed by atoms with Crippen LogP contribution in [0.15, 0.2) is 17.5 Å². The first-order chi connectivity index (χ1) is 6.77. The van der Waals surface area contributed by atoms with E-state index >= 15 is 0 Å². The second kappa shape index (κ2) is 4.33. The van der Waals surface area contributed by atoms with Crippen LogP contribution in [0.5, 0.6) is 0 Å². The Morgan fingerprint density at radius 1 is 1.57 bits per heavy atom. The third-order valence-electron chi connectivity index (χ3n) is 2.14. The summed E-state index contributed by atoms with van der Waals surface area (Å²) in [7, 11) is 0. The average Bonchev–Trinajstić information content (AvgIpc) is 2.65. The zero-order valence-electron chi connectivity index (χ0n) is 7.60. The van der Waals surface area contributed by atoms with Gasteiger partial charge in [-0.15, -0.1) is 23.1 Å². The van der Waals surface area contributed by atoms with E-state index in [0.29, 0.717) is 17.5 Å². The van der Waals surface area contributed by atoms with Crippen LogP contribution in [-0.2, 0) is 4.79 Å². The molecule has 1 saturated heterocycles. The Morgan fingerprint density at radius 3 is 3.14 bits per heavy atom. The van der Waals surface area contributed by atoms with E-state index in [1.165, 1.54) is 4.88 Å². The van der Waals surface area contributed by atoms with Crippen molar-refractivity contribution in [1.82, 2.24) is 5.32 Å². The van der Waals surface area contributed by atoms with Gasteiger partial charge in [-0.1, -0.05) is 6.07 Å². The number of nitrogens with one attached hydrogen (secondary N) is 1. The van der Waals surface area contributed by atoms with Crippen LogP contribution in [0.3, 0.4) is 0 Å². The maximum Gasteiger partial charge on any atom is 0.237 e. The Bertz CT molecular complexity index is 313. The molecule has 3 N–H and O–H groups in total. The van der Waals surface area contributed by atoms with Crippen molar-refractivity contribution in [2.24, 2.45) is 5.73 Å². The van der Waals surface area contributed by atoms with Crippen LogP contribution in [-0.4, -0.2) is 24.2 Å². The smallest absolute Gasteiger partial charge is 0.237 e. The molecule has 5 heteroatoms. The molecular weight excluding hydrogens is 216 g/mol. The number of carbonyl (C=O) groups is 1. The lowest BCUT2D eigenvalue weighted by atomic mass is 10.3. The van der Waals surface area contributed by atoms with E-state index in [1.807, 2.05) is 6.07 Å². The number of hydrogen-bond donors (Lipinski definition) is 2. The van der Waals surface area contributed by atoms with E-state index in [4.69, 9.17) is 5.73 Å². The van der Waals surface area contributed by atoms with Gasteiger partial charge >= 0.3 is 0 Å². The Morgan fingerprint density at radius 2 is 2.43 bits per heavy atom. The van der Waals surface area contributed by atoms with E-state index in [-0.39, 0.29) is 11.9 Å². The van der Waals surface area contributed by atoms with Crippen LogP contribution in [0, 0.1) is 0 Å². The van der Waals surface area contributed by atoms with Crippen molar-refractivity contribution in [2.75, 3.05) is 12.3 Å². The van der Waals surface area contributed by atoms with E-state index in [2.05, 4.69) is 16.8 Å². The molecule has 0 spiro atoms. The number of nitrogens with two attached hydrogens (primary N) is 1. The second-order valence-corrected chi connectivity index (χ2v) is 5.40. The van der Waals surface area contributed by atoms with Crippen LogP contribution in [0.1, 0.15) is 10.1 Å².